The van der Waals surface area contributed by atoms with Crippen molar-refractivity contribution in [2.45, 2.75) is 19.8 Å². The van der Waals surface area contributed by atoms with Crippen molar-refractivity contribution >= 4 is 5.95 Å². The zero-order valence-electron chi connectivity index (χ0n) is 7.53. The van der Waals surface area contributed by atoms with E-state index in [1.807, 2.05) is 13.8 Å². The van der Waals surface area contributed by atoms with E-state index in [9.17, 15) is 0 Å². The van der Waals surface area contributed by atoms with Gasteiger partial charge in [-0.15, -0.1) is 0 Å². The largest absolute Gasteiger partial charge is 0.481 e. The number of nitrogen functional groups attached to an aromatic ring is 1. The number of aromatic nitrogens is 2. The molecule has 4 heteroatoms. The molecule has 0 amide bonds. The molecule has 0 unspecified atom stereocenters. The Morgan fingerprint density at radius 3 is 2.58 bits per heavy atom. The van der Waals surface area contributed by atoms with Crippen molar-refractivity contribution in [2.75, 3.05) is 12.8 Å². The van der Waals surface area contributed by atoms with E-state index in [2.05, 4.69) is 9.97 Å². The van der Waals surface area contributed by atoms with Gasteiger partial charge >= 0.3 is 0 Å². The maximum Gasteiger partial charge on any atom is 0.223 e. The first-order valence-corrected chi connectivity index (χ1v) is 3.82. The van der Waals surface area contributed by atoms with Crippen LogP contribution in [0.3, 0.4) is 0 Å². The average molecular weight is 167 g/mol. The van der Waals surface area contributed by atoms with Crippen molar-refractivity contribution in [1.82, 2.24) is 9.97 Å². The lowest BCUT2D eigenvalue weighted by atomic mass is 10.1. The van der Waals surface area contributed by atoms with E-state index in [0.717, 1.165) is 5.69 Å². The molecule has 0 spiro atoms. The summed E-state index contributed by atoms with van der Waals surface area (Å²) < 4.78 is 4.95. The van der Waals surface area contributed by atoms with E-state index in [0.29, 0.717) is 11.8 Å². The quantitative estimate of drug-likeness (QED) is 0.718. The van der Waals surface area contributed by atoms with Gasteiger partial charge in [-0.3, -0.25) is 0 Å². The van der Waals surface area contributed by atoms with Crippen molar-refractivity contribution in [3.05, 3.63) is 11.8 Å². The Morgan fingerprint density at radius 2 is 2.08 bits per heavy atom. The van der Waals surface area contributed by atoms with Gasteiger partial charge in [-0.25, -0.2) is 4.98 Å². The van der Waals surface area contributed by atoms with Crippen LogP contribution < -0.4 is 10.5 Å². The minimum Gasteiger partial charge on any atom is -0.481 e. The zero-order valence-corrected chi connectivity index (χ0v) is 7.53. The number of ether oxygens (including phenoxy) is 1. The van der Waals surface area contributed by atoms with E-state index in [1.165, 1.54) is 0 Å². The van der Waals surface area contributed by atoms with Crippen molar-refractivity contribution in [1.29, 1.82) is 0 Å². The normalized spacial score (nSPS) is 10.3. The molecular weight excluding hydrogens is 154 g/mol. The Bertz CT molecular complexity index is 273. The molecule has 2 N–H and O–H groups in total. The Hall–Kier alpha value is -1.32. The summed E-state index contributed by atoms with van der Waals surface area (Å²) >= 11 is 0. The summed E-state index contributed by atoms with van der Waals surface area (Å²) in [6, 6.07) is 1.79. The Labute approximate surface area is 71.8 Å². The molecule has 0 atom stereocenters. The fourth-order valence-corrected chi connectivity index (χ4v) is 0.862. The van der Waals surface area contributed by atoms with Gasteiger partial charge in [0.2, 0.25) is 11.8 Å². The highest BCUT2D eigenvalue weighted by molar-refractivity contribution is 5.27. The van der Waals surface area contributed by atoms with Gasteiger partial charge in [-0.05, 0) is 5.92 Å². The number of anilines is 1. The van der Waals surface area contributed by atoms with Crippen molar-refractivity contribution < 1.29 is 4.74 Å². The molecule has 12 heavy (non-hydrogen) atoms. The third-order valence-electron chi connectivity index (χ3n) is 1.54. The van der Waals surface area contributed by atoms with Crippen molar-refractivity contribution in [3.8, 4) is 5.88 Å². The van der Waals surface area contributed by atoms with Crippen LogP contribution in [0.5, 0.6) is 5.88 Å². The van der Waals surface area contributed by atoms with E-state index in [4.69, 9.17) is 10.5 Å². The smallest absolute Gasteiger partial charge is 0.223 e. The number of hydrogen-bond acceptors (Lipinski definition) is 4. The first-order chi connectivity index (χ1) is 5.63. The fourth-order valence-electron chi connectivity index (χ4n) is 0.862. The van der Waals surface area contributed by atoms with Crippen LogP contribution in [0, 0.1) is 0 Å². The lowest BCUT2D eigenvalue weighted by molar-refractivity contribution is 0.396. The van der Waals surface area contributed by atoms with Crippen LogP contribution in [0.2, 0.25) is 0 Å². The molecule has 1 rings (SSSR count). The second-order valence-corrected chi connectivity index (χ2v) is 2.85. The Balaban J connectivity index is 3.06. The maximum absolute atomic E-state index is 5.47. The predicted octanol–water partition coefficient (Wildman–Crippen LogP) is 1.19. The van der Waals surface area contributed by atoms with E-state index in [-0.39, 0.29) is 5.95 Å². The van der Waals surface area contributed by atoms with Gasteiger partial charge in [-0.2, -0.15) is 4.98 Å². The second kappa shape index (κ2) is 3.38. The van der Waals surface area contributed by atoms with Crippen LogP contribution >= 0.6 is 0 Å². The molecule has 0 aliphatic rings. The molecule has 4 nitrogen and oxygen atoms in total. The average Bonchev–Trinajstić information content (AvgIpc) is 2.03. The van der Waals surface area contributed by atoms with Gasteiger partial charge in [0, 0.05) is 6.07 Å². The highest BCUT2D eigenvalue weighted by Crippen LogP contribution is 2.16. The van der Waals surface area contributed by atoms with Gasteiger partial charge in [0.05, 0.1) is 12.8 Å². The molecule has 0 radical (unpaired) electrons. The van der Waals surface area contributed by atoms with Crippen LogP contribution in [0.15, 0.2) is 6.07 Å². The van der Waals surface area contributed by atoms with E-state index < -0.39 is 0 Å². The van der Waals surface area contributed by atoms with E-state index in [1.54, 1.807) is 13.2 Å². The molecule has 0 aromatic carbocycles. The van der Waals surface area contributed by atoms with Gasteiger partial charge in [0.25, 0.3) is 0 Å². The van der Waals surface area contributed by atoms with Crippen LogP contribution in [0.1, 0.15) is 25.5 Å². The number of nitrogens with two attached hydrogens (primary N) is 1. The topological polar surface area (TPSA) is 61.0 Å². The van der Waals surface area contributed by atoms with E-state index >= 15 is 0 Å². The minimum absolute atomic E-state index is 0.262. The summed E-state index contributed by atoms with van der Waals surface area (Å²) in [4.78, 5) is 7.95. The first kappa shape index (κ1) is 8.77. The molecule has 0 aliphatic carbocycles. The molecule has 1 aromatic heterocycles. The lowest BCUT2D eigenvalue weighted by Crippen LogP contribution is -2.02. The monoisotopic (exact) mass is 167 g/mol. The number of hydrogen-bond donors (Lipinski definition) is 1. The third kappa shape index (κ3) is 1.84. The summed E-state index contributed by atoms with van der Waals surface area (Å²) in [5.41, 5.74) is 6.37. The van der Waals surface area contributed by atoms with Gasteiger partial charge in [0.1, 0.15) is 0 Å². The SMILES string of the molecule is COc1cc(C(C)C)nc(N)n1. The summed E-state index contributed by atoms with van der Waals surface area (Å²) in [5.74, 6) is 1.12. The number of methoxy groups -OCH3 is 1. The van der Waals surface area contributed by atoms with Crippen LogP contribution in [0.25, 0.3) is 0 Å². The highest BCUT2D eigenvalue weighted by atomic mass is 16.5. The third-order valence-corrected chi connectivity index (χ3v) is 1.54. The fraction of sp³-hybridized carbons (Fsp3) is 0.500. The molecule has 66 valence electrons. The predicted molar refractivity (Wildman–Crippen MR) is 47.1 cm³/mol. The van der Waals surface area contributed by atoms with Gasteiger partial charge in [-0.1, -0.05) is 13.8 Å². The van der Waals surface area contributed by atoms with Gasteiger partial charge < -0.3 is 10.5 Å². The Morgan fingerprint density at radius 1 is 1.42 bits per heavy atom. The van der Waals surface area contributed by atoms with Crippen LogP contribution in [0.4, 0.5) is 5.95 Å². The number of nitrogens with zero attached hydrogens (tertiary/aromatic N) is 2. The second-order valence-electron chi connectivity index (χ2n) is 2.85. The van der Waals surface area contributed by atoms with Gasteiger partial charge in [0.15, 0.2) is 0 Å². The van der Waals surface area contributed by atoms with Crippen molar-refractivity contribution in [3.63, 3.8) is 0 Å². The summed E-state index contributed by atoms with van der Waals surface area (Å²) in [5, 5.41) is 0. The highest BCUT2D eigenvalue weighted by Gasteiger charge is 2.05. The molecule has 0 saturated carbocycles. The minimum atomic E-state index is 0.262. The molecule has 1 heterocycles. The maximum atomic E-state index is 5.47. The van der Waals surface area contributed by atoms with Crippen LogP contribution in [-0.2, 0) is 0 Å². The first-order valence-electron chi connectivity index (χ1n) is 3.82. The standard InChI is InChI=1S/C8H13N3O/c1-5(2)6-4-7(12-3)11-8(9)10-6/h4-5H,1-3H3,(H2,9,10,11). The molecular formula is C8H13N3O. The van der Waals surface area contributed by atoms with Crippen molar-refractivity contribution in [2.24, 2.45) is 0 Å². The number of rotatable bonds is 2. The summed E-state index contributed by atoms with van der Waals surface area (Å²) in [6.07, 6.45) is 0. The Kier molecular flexibility index (Phi) is 2.47. The molecule has 0 bridgehead atoms. The zero-order chi connectivity index (χ0) is 9.14. The molecule has 0 saturated heterocycles. The molecule has 0 fully saturated rings. The summed E-state index contributed by atoms with van der Waals surface area (Å²) in [7, 11) is 1.56. The van der Waals surface area contributed by atoms with Crippen LogP contribution in [-0.4, -0.2) is 17.1 Å². The summed E-state index contributed by atoms with van der Waals surface area (Å²) in [6.45, 7) is 4.09. The molecule has 0 aliphatic heterocycles. The molecule has 1 aromatic rings. The lowest BCUT2D eigenvalue weighted by Gasteiger charge is -2.06.